The molecule has 0 aromatic heterocycles. The maximum Gasteiger partial charge on any atom is 0.123 e. The molecule has 1 aromatic carbocycles. The van der Waals surface area contributed by atoms with E-state index in [-0.39, 0.29) is 5.82 Å². The zero-order valence-electron chi connectivity index (χ0n) is 15.3. The molecule has 134 valence electrons. The van der Waals surface area contributed by atoms with Crippen molar-refractivity contribution in [1.29, 1.82) is 0 Å². The van der Waals surface area contributed by atoms with Crippen LogP contribution in [0.3, 0.4) is 0 Å². The van der Waals surface area contributed by atoms with Crippen LogP contribution in [-0.2, 0) is 0 Å². The lowest BCUT2D eigenvalue weighted by Gasteiger charge is -2.41. The zero-order valence-corrected chi connectivity index (χ0v) is 15.3. The van der Waals surface area contributed by atoms with E-state index in [9.17, 15) is 4.39 Å². The number of halogens is 1. The van der Waals surface area contributed by atoms with Crippen LogP contribution < -0.4 is 4.74 Å². The van der Waals surface area contributed by atoms with E-state index in [2.05, 4.69) is 11.8 Å². The number of ether oxygens (including phenoxy) is 1. The van der Waals surface area contributed by atoms with E-state index in [1.165, 1.54) is 44.6 Å². The van der Waals surface area contributed by atoms with Gasteiger partial charge in [-0.05, 0) is 81.6 Å². The molecule has 1 heterocycles. The van der Waals surface area contributed by atoms with Gasteiger partial charge in [-0.15, -0.1) is 0 Å². The largest absolute Gasteiger partial charge is 0.496 e. The first-order chi connectivity index (χ1) is 11.7. The van der Waals surface area contributed by atoms with Crippen molar-refractivity contribution in [2.75, 3.05) is 20.2 Å². The van der Waals surface area contributed by atoms with E-state index >= 15 is 0 Å². The Balaban J connectivity index is 1.54. The Labute approximate surface area is 146 Å². The van der Waals surface area contributed by atoms with Crippen LogP contribution in [0.4, 0.5) is 4.39 Å². The standard InChI is InChI=1S/C21H32FNO/c1-3-4-16-5-8-19(9-6-16)23-13-11-17(12-14-23)20-15-18(22)7-10-21(20)24-2/h7,10,15-17,19H,3-6,8-9,11-14H2,1-2H3. The molecule has 2 fully saturated rings. The Bertz CT molecular complexity index is 517. The topological polar surface area (TPSA) is 12.5 Å². The lowest BCUT2D eigenvalue weighted by Crippen LogP contribution is -2.42. The quantitative estimate of drug-likeness (QED) is 0.718. The lowest BCUT2D eigenvalue weighted by atomic mass is 9.81. The first-order valence-corrected chi connectivity index (χ1v) is 9.78. The molecule has 1 saturated carbocycles. The summed E-state index contributed by atoms with van der Waals surface area (Å²) in [5.41, 5.74) is 1.06. The van der Waals surface area contributed by atoms with Crippen LogP contribution in [0, 0.1) is 11.7 Å². The van der Waals surface area contributed by atoms with Crippen molar-refractivity contribution < 1.29 is 9.13 Å². The summed E-state index contributed by atoms with van der Waals surface area (Å²) in [6.45, 7) is 4.60. The highest BCUT2D eigenvalue weighted by atomic mass is 19.1. The fourth-order valence-electron chi connectivity index (χ4n) is 4.81. The molecule has 1 aromatic rings. The van der Waals surface area contributed by atoms with E-state index in [4.69, 9.17) is 4.74 Å². The number of piperidine rings is 1. The molecule has 0 bridgehead atoms. The third-order valence-electron chi connectivity index (χ3n) is 6.19. The molecule has 2 aliphatic rings. The molecule has 3 heteroatoms. The summed E-state index contributed by atoms with van der Waals surface area (Å²) in [5.74, 6) is 2.10. The maximum absolute atomic E-state index is 13.6. The third kappa shape index (κ3) is 4.11. The van der Waals surface area contributed by atoms with Crippen molar-refractivity contribution in [3.8, 4) is 5.75 Å². The van der Waals surface area contributed by atoms with E-state index in [1.54, 1.807) is 19.2 Å². The van der Waals surface area contributed by atoms with Crippen molar-refractivity contribution in [2.45, 2.75) is 70.3 Å². The zero-order chi connectivity index (χ0) is 16.9. The summed E-state index contributed by atoms with van der Waals surface area (Å²) in [6, 6.07) is 5.72. The normalized spacial score (nSPS) is 26.5. The Morgan fingerprint density at radius 2 is 1.79 bits per heavy atom. The van der Waals surface area contributed by atoms with Crippen molar-refractivity contribution in [3.63, 3.8) is 0 Å². The molecular weight excluding hydrogens is 301 g/mol. The van der Waals surface area contributed by atoms with Gasteiger partial charge in [-0.3, -0.25) is 0 Å². The Hall–Kier alpha value is -1.09. The average Bonchev–Trinajstić information content (AvgIpc) is 2.63. The van der Waals surface area contributed by atoms with Gasteiger partial charge in [0, 0.05) is 11.6 Å². The number of hydrogen-bond acceptors (Lipinski definition) is 2. The summed E-state index contributed by atoms with van der Waals surface area (Å²) in [6.07, 6.45) is 10.6. The summed E-state index contributed by atoms with van der Waals surface area (Å²) < 4.78 is 19.1. The van der Waals surface area contributed by atoms with Crippen LogP contribution in [0.2, 0.25) is 0 Å². The number of benzene rings is 1. The van der Waals surface area contributed by atoms with Gasteiger partial charge >= 0.3 is 0 Å². The number of hydrogen-bond donors (Lipinski definition) is 0. The predicted molar refractivity (Wildman–Crippen MR) is 97.2 cm³/mol. The Morgan fingerprint density at radius 1 is 1.08 bits per heavy atom. The minimum absolute atomic E-state index is 0.150. The molecule has 0 atom stereocenters. The molecule has 2 nitrogen and oxygen atoms in total. The predicted octanol–water partition coefficient (Wildman–Crippen LogP) is 5.37. The molecule has 0 radical (unpaired) electrons. The van der Waals surface area contributed by atoms with Crippen molar-refractivity contribution >= 4 is 0 Å². The second-order valence-electron chi connectivity index (χ2n) is 7.66. The Morgan fingerprint density at radius 3 is 2.42 bits per heavy atom. The van der Waals surface area contributed by atoms with Gasteiger partial charge in [0.15, 0.2) is 0 Å². The molecule has 1 aliphatic heterocycles. The van der Waals surface area contributed by atoms with Crippen LogP contribution in [0.5, 0.6) is 5.75 Å². The van der Waals surface area contributed by atoms with Gasteiger partial charge in [-0.1, -0.05) is 19.8 Å². The summed E-state index contributed by atoms with van der Waals surface area (Å²) >= 11 is 0. The number of likely N-dealkylation sites (tertiary alicyclic amines) is 1. The van der Waals surface area contributed by atoms with Gasteiger partial charge in [0.05, 0.1) is 7.11 Å². The van der Waals surface area contributed by atoms with E-state index < -0.39 is 0 Å². The van der Waals surface area contributed by atoms with Crippen LogP contribution >= 0.6 is 0 Å². The van der Waals surface area contributed by atoms with Crippen molar-refractivity contribution in [3.05, 3.63) is 29.6 Å². The molecule has 0 spiro atoms. The van der Waals surface area contributed by atoms with E-state index in [0.29, 0.717) is 5.92 Å². The SMILES string of the molecule is CCCC1CCC(N2CCC(c3cc(F)ccc3OC)CC2)CC1. The number of rotatable bonds is 5. The maximum atomic E-state index is 13.6. The Kier molecular flexibility index (Phi) is 6.15. The highest BCUT2D eigenvalue weighted by Crippen LogP contribution is 2.37. The summed E-state index contributed by atoms with van der Waals surface area (Å²) in [7, 11) is 1.68. The monoisotopic (exact) mass is 333 g/mol. The van der Waals surface area contributed by atoms with E-state index in [1.807, 2.05) is 0 Å². The lowest BCUT2D eigenvalue weighted by molar-refractivity contribution is 0.105. The highest BCUT2D eigenvalue weighted by molar-refractivity contribution is 5.37. The molecular formula is C21H32FNO. The fraction of sp³-hybridized carbons (Fsp3) is 0.714. The smallest absolute Gasteiger partial charge is 0.123 e. The van der Waals surface area contributed by atoms with Gasteiger partial charge in [0.25, 0.3) is 0 Å². The molecule has 24 heavy (non-hydrogen) atoms. The summed E-state index contributed by atoms with van der Waals surface area (Å²) in [5, 5.41) is 0. The minimum atomic E-state index is -0.150. The molecule has 1 saturated heterocycles. The second kappa shape index (κ2) is 8.33. The van der Waals surface area contributed by atoms with Crippen LogP contribution in [0.25, 0.3) is 0 Å². The second-order valence-corrected chi connectivity index (χ2v) is 7.66. The fourth-order valence-corrected chi connectivity index (χ4v) is 4.81. The molecule has 1 aliphatic carbocycles. The van der Waals surface area contributed by atoms with Crippen molar-refractivity contribution in [1.82, 2.24) is 4.90 Å². The minimum Gasteiger partial charge on any atom is -0.496 e. The van der Waals surface area contributed by atoms with Gasteiger partial charge in [-0.2, -0.15) is 0 Å². The summed E-state index contributed by atoms with van der Waals surface area (Å²) in [4.78, 5) is 2.70. The molecule has 0 amide bonds. The number of nitrogens with zero attached hydrogens (tertiary/aromatic N) is 1. The van der Waals surface area contributed by atoms with Crippen LogP contribution in [0.15, 0.2) is 18.2 Å². The highest BCUT2D eigenvalue weighted by Gasteiger charge is 2.30. The average molecular weight is 333 g/mol. The molecule has 0 N–H and O–H groups in total. The van der Waals surface area contributed by atoms with Gasteiger partial charge in [0.1, 0.15) is 11.6 Å². The first-order valence-electron chi connectivity index (χ1n) is 9.78. The van der Waals surface area contributed by atoms with Crippen molar-refractivity contribution in [2.24, 2.45) is 5.92 Å². The first kappa shape index (κ1) is 17.7. The molecule has 3 rings (SSSR count). The van der Waals surface area contributed by atoms with Gasteiger partial charge in [-0.25, -0.2) is 4.39 Å². The van der Waals surface area contributed by atoms with Gasteiger partial charge < -0.3 is 9.64 Å². The van der Waals surface area contributed by atoms with Crippen LogP contribution in [0.1, 0.15) is 69.8 Å². The van der Waals surface area contributed by atoms with Gasteiger partial charge in [0.2, 0.25) is 0 Å². The molecule has 0 unspecified atom stereocenters. The third-order valence-corrected chi connectivity index (χ3v) is 6.19. The van der Waals surface area contributed by atoms with Crippen LogP contribution in [-0.4, -0.2) is 31.1 Å². The van der Waals surface area contributed by atoms with E-state index in [0.717, 1.165) is 49.2 Å². The number of methoxy groups -OCH3 is 1.